The van der Waals surface area contributed by atoms with Crippen molar-refractivity contribution in [3.8, 4) is 11.4 Å². The van der Waals surface area contributed by atoms with Crippen LogP contribution in [0.1, 0.15) is 42.7 Å². The van der Waals surface area contributed by atoms with Crippen LogP contribution < -0.4 is 5.32 Å². The van der Waals surface area contributed by atoms with Crippen molar-refractivity contribution in [2.75, 3.05) is 19.6 Å². The fourth-order valence-corrected chi connectivity index (χ4v) is 2.94. The third-order valence-corrected chi connectivity index (χ3v) is 4.48. The summed E-state index contributed by atoms with van der Waals surface area (Å²) in [6.45, 7) is 8.40. The molecule has 0 unspecified atom stereocenters. The van der Waals surface area contributed by atoms with Crippen molar-refractivity contribution in [3.05, 3.63) is 41.7 Å². The summed E-state index contributed by atoms with van der Waals surface area (Å²) in [7, 11) is 0. The van der Waals surface area contributed by atoms with E-state index in [9.17, 15) is 9.90 Å². The van der Waals surface area contributed by atoms with Crippen molar-refractivity contribution in [3.63, 3.8) is 0 Å². The van der Waals surface area contributed by atoms with Crippen LogP contribution in [0, 0.1) is 0 Å². The molecule has 0 spiro atoms. The van der Waals surface area contributed by atoms with Gasteiger partial charge in [0.2, 0.25) is 0 Å². The van der Waals surface area contributed by atoms with E-state index in [1.807, 2.05) is 31.2 Å². The third kappa shape index (κ3) is 3.14. The highest BCUT2D eigenvalue weighted by Gasteiger charge is 2.28. The number of hydrogen-bond acceptors (Lipinski definition) is 4. The Labute approximate surface area is 142 Å². The highest BCUT2D eigenvalue weighted by molar-refractivity contribution is 5.95. The van der Waals surface area contributed by atoms with Crippen molar-refractivity contribution < 1.29 is 9.90 Å². The number of nitrogens with zero attached hydrogens (tertiary/aromatic N) is 3. The zero-order valence-electron chi connectivity index (χ0n) is 14.4. The Hall–Kier alpha value is -2.34. The number of piperazine rings is 1. The van der Waals surface area contributed by atoms with Gasteiger partial charge < -0.3 is 15.3 Å². The molecule has 2 heterocycles. The molecule has 1 fully saturated rings. The van der Waals surface area contributed by atoms with E-state index in [2.05, 4.69) is 24.3 Å². The molecule has 0 radical (unpaired) electrons. The second-order valence-corrected chi connectivity index (χ2v) is 6.61. The lowest BCUT2D eigenvalue weighted by Gasteiger charge is -2.33. The molecule has 1 saturated heterocycles. The molecule has 6 heteroatoms. The standard InChI is InChI=1S/C18H24N4O2/c1-12(2)14-4-6-15(7-5-14)22-11-16(23)17(20-22)18(24)21-9-8-19-10-13(21)3/h4-7,11-13,19,23H,8-10H2,1-3H3/t13-/m0/s1. The molecule has 3 rings (SSSR count). The summed E-state index contributed by atoms with van der Waals surface area (Å²) >= 11 is 0. The zero-order valence-corrected chi connectivity index (χ0v) is 14.4. The van der Waals surface area contributed by atoms with Gasteiger partial charge in [-0.3, -0.25) is 4.79 Å². The molecule has 1 aromatic carbocycles. The number of nitrogens with one attached hydrogen (secondary N) is 1. The first-order chi connectivity index (χ1) is 11.5. The lowest BCUT2D eigenvalue weighted by molar-refractivity contribution is 0.0646. The molecular weight excluding hydrogens is 304 g/mol. The fourth-order valence-electron chi connectivity index (χ4n) is 2.94. The molecule has 0 saturated carbocycles. The number of aromatic nitrogens is 2. The van der Waals surface area contributed by atoms with Crippen molar-refractivity contribution in [1.82, 2.24) is 20.0 Å². The van der Waals surface area contributed by atoms with Gasteiger partial charge in [0.15, 0.2) is 11.4 Å². The van der Waals surface area contributed by atoms with Crippen LogP contribution in [-0.2, 0) is 0 Å². The largest absolute Gasteiger partial charge is 0.504 e. The number of hydrogen-bond donors (Lipinski definition) is 2. The van der Waals surface area contributed by atoms with Crippen LogP contribution in [-0.4, -0.2) is 51.4 Å². The van der Waals surface area contributed by atoms with Gasteiger partial charge in [0.1, 0.15) is 0 Å². The Morgan fingerprint density at radius 2 is 2.04 bits per heavy atom. The van der Waals surface area contributed by atoms with Gasteiger partial charge in [-0.15, -0.1) is 0 Å². The molecule has 128 valence electrons. The van der Waals surface area contributed by atoms with E-state index in [4.69, 9.17) is 0 Å². The molecule has 2 N–H and O–H groups in total. The van der Waals surface area contributed by atoms with Crippen molar-refractivity contribution in [2.45, 2.75) is 32.7 Å². The van der Waals surface area contributed by atoms with Crippen LogP contribution in [0.2, 0.25) is 0 Å². The Balaban J connectivity index is 1.85. The van der Waals surface area contributed by atoms with E-state index in [0.717, 1.165) is 18.8 Å². The monoisotopic (exact) mass is 328 g/mol. The Morgan fingerprint density at radius 3 is 2.67 bits per heavy atom. The Bertz CT molecular complexity index is 721. The summed E-state index contributed by atoms with van der Waals surface area (Å²) in [5, 5.41) is 17.7. The third-order valence-electron chi connectivity index (χ3n) is 4.48. The van der Waals surface area contributed by atoms with Crippen LogP contribution in [0.15, 0.2) is 30.5 Å². The minimum absolute atomic E-state index is 0.0844. The van der Waals surface area contributed by atoms with Crippen molar-refractivity contribution in [2.24, 2.45) is 0 Å². The minimum Gasteiger partial charge on any atom is -0.504 e. The fraction of sp³-hybridized carbons (Fsp3) is 0.444. The number of rotatable bonds is 3. The summed E-state index contributed by atoms with van der Waals surface area (Å²) in [5.74, 6) is 0.147. The van der Waals surface area contributed by atoms with Gasteiger partial charge in [0.25, 0.3) is 5.91 Å². The van der Waals surface area contributed by atoms with Crippen LogP contribution >= 0.6 is 0 Å². The van der Waals surface area contributed by atoms with E-state index in [-0.39, 0.29) is 23.4 Å². The second-order valence-electron chi connectivity index (χ2n) is 6.61. The zero-order chi connectivity index (χ0) is 17.3. The summed E-state index contributed by atoms with van der Waals surface area (Å²) in [5.41, 5.74) is 2.17. The molecule has 1 aliphatic rings. The minimum atomic E-state index is -0.223. The normalized spacial score (nSPS) is 18.2. The quantitative estimate of drug-likeness (QED) is 0.905. The number of carbonyl (C=O) groups excluding carboxylic acids is 1. The van der Waals surface area contributed by atoms with Gasteiger partial charge in [-0.1, -0.05) is 26.0 Å². The van der Waals surface area contributed by atoms with E-state index in [0.29, 0.717) is 12.5 Å². The van der Waals surface area contributed by atoms with E-state index in [1.165, 1.54) is 11.8 Å². The van der Waals surface area contributed by atoms with Crippen LogP contribution in [0.5, 0.6) is 5.75 Å². The Morgan fingerprint density at radius 1 is 1.33 bits per heavy atom. The van der Waals surface area contributed by atoms with Gasteiger partial charge in [-0.05, 0) is 30.5 Å². The molecule has 24 heavy (non-hydrogen) atoms. The average molecular weight is 328 g/mol. The number of aromatic hydroxyl groups is 1. The molecule has 2 aromatic rings. The van der Waals surface area contributed by atoms with Gasteiger partial charge in [0, 0.05) is 25.7 Å². The summed E-state index contributed by atoms with van der Waals surface area (Å²) in [6.07, 6.45) is 1.49. The second kappa shape index (κ2) is 6.65. The SMILES string of the molecule is CC(C)c1ccc(-n2cc(O)c(C(=O)N3CCNC[C@@H]3C)n2)cc1. The molecule has 1 aromatic heterocycles. The molecule has 6 nitrogen and oxygen atoms in total. The van der Waals surface area contributed by atoms with Gasteiger partial charge in [0.05, 0.1) is 11.9 Å². The lowest BCUT2D eigenvalue weighted by atomic mass is 10.0. The summed E-state index contributed by atoms with van der Waals surface area (Å²) in [4.78, 5) is 14.4. The molecule has 1 aliphatic heterocycles. The van der Waals surface area contributed by atoms with Gasteiger partial charge >= 0.3 is 0 Å². The van der Waals surface area contributed by atoms with Crippen LogP contribution in [0.25, 0.3) is 5.69 Å². The summed E-state index contributed by atoms with van der Waals surface area (Å²) < 4.78 is 1.56. The van der Waals surface area contributed by atoms with E-state index >= 15 is 0 Å². The maximum absolute atomic E-state index is 12.7. The van der Waals surface area contributed by atoms with Gasteiger partial charge in [-0.2, -0.15) is 5.10 Å². The predicted octanol–water partition coefficient (Wildman–Crippen LogP) is 2.14. The molecule has 0 aliphatic carbocycles. The smallest absolute Gasteiger partial charge is 0.278 e. The molecular formula is C18H24N4O2. The first-order valence-corrected chi connectivity index (χ1v) is 8.38. The van der Waals surface area contributed by atoms with Gasteiger partial charge in [-0.25, -0.2) is 4.68 Å². The van der Waals surface area contributed by atoms with Crippen LogP contribution in [0.4, 0.5) is 0 Å². The number of amides is 1. The first kappa shape index (κ1) is 16.5. The summed E-state index contributed by atoms with van der Waals surface area (Å²) in [6, 6.07) is 8.06. The molecule has 1 atom stereocenters. The van der Waals surface area contributed by atoms with E-state index < -0.39 is 0 Å². The average Bonchev–Trinajstić information content (AvgIpc) is 2.96. The lowest BCUT2D eigenvalue weighted by Crippen LogP contribution is -2.52. The number of carbonyl (C=O) groups is 1. The van der Waals surface area contributed by atoms with Crippen molar-refractivity contribution in [1.29, 1.82) is 0 Å². The molecule has 0 bridgehead atoms. The number of benzene rings is 1. The highest BCUT2D eigenvalue weighted by Crippen LogP contribution is 2.22. The highest BCUT2D eigenvalue weighted by atomic mass is 16.3. The Kier molecular flexibility index (Phi) is 4.57. The predicted molar refractivity (Wildman–Crippen MR) is 92.7 cm³/mol. The van der Waals surface area contributed by atoms with E-state index in [1.54, 1.807) is 9.58 Å². The maximum atomic E-state index is 12.7. The topological polar surface area (TPSA) is 70.4 Å². The van der Waals surface area contributed by atoms with Crippen LogP contribution in [0.3, 0.4) is 0 Å². The van der Waals surface area contributed by atoms with Crippen molar-refractivity contribution >= 4 is 5.91 Å². The molecule has 1 amide bonds. The maximum Gasteiger partial charge on any atom is 0.278 e. The first-order valence-electron chi connectivity index (χ1n) is 8.38.